The van der Waals surface area contributed by atoms with Crippen molar-refractivity contribution in [2.45, 2.75) is 44.8 Å². The lowest BCUT2D eigenvalue weighted by molar-refractivity contribution is 0.0922. The number of ether oxygens (including phenoxy) is 1. The van der Waals surface area contributed by atoms with E-state index in [0.29, 0.717) is 0 Å². The van der Waals surface area contributed by atoms with Gasteiger partial charge in [-0.25, -0.2) is 9.97 Å². The maximum atomic E-state index is 6.03. The molecule has 0 saturated heterocycles. The zero-order chi connectivity index (χ0) is 11.5. The number of fused-ring (bicyclic) bond motifs is 1. The second kappa shape index (κ2) is 4.89. The Kier molecular flexibility index (Phi) is 3.51. The van der Waals surface area contributed by atoms with Crippen LogP contribution in [-0.4, -0.2) is 17.1 Å². The third kappa shape index (κ3) is 2.08. The minimum Gasteiger partial charge on any atom is -0.373 e. The second-order valence-electron chi connectivity index (χ2n) is 4.26. The Balaban J connectivity index is 2.31. The number of hydrogen-bond donors (Lipinski definition) is 1. The highest BCUT2D eigenvalue weighted by Gasteiger charge is 2.20. The van der Waals surface area contributed by atoms with Gasteiger partial charge in [-0.05, 0) is 25.7 Å². The van der Waals surface area contributed by atoms with E-state index in [-0.39, 0.29) is 12.1 Å². The first-order valence-electron chi connectivity index (χ1n) is 5.90. The molecule has 0 radical (unpaired) electrons. The average molecular weight is 221 g/mol. The molecule has 1 aliphatic rings. The lowest BCUT2D eigenvalue weighted by atomic mass is 9.93. The monoisotopic (exact) mass is 221 g/mol. The molecule has 1 aromatic heterocycles. The molecule has 1 aromatic rings. The van der Waals surface area contributed by atoms with E-state index in [0.717, 1.165) is 42.8 Å². The average Bonchev–Trinajstić information content (AvgIpc) is 2.31. The second-order valence-corrected chi connectivity index (χ2v) is 4.26. The molecule has 0 saturated carbocycles. The van der Waals surface area contributed by atoms with Crippen LogP contribution >= 0.6 is 0 Å². The molecule has 0 amide bonds. The van der Waals surface area contributed by atoms with Gasteiger partial charge in [0.25, 0.3) is 0 Å². The van der Waals surface area contributed by atoms with Crippen LogP contribution in [0.15, 0.2) is 6.20 Å². The molecule has 4 heteroatoms. The van der Waals surface area contributed by atoms with Crippen LogP contribution in [0.5, 0.6) is 0 Å². The van der Waals surface area contributed by atoms with E-state index in [1.807, 2.05) is 6.20 Å². The zero-order valence-electron chi connectivity index (χ0n) is 9.94. The summed E-state index contributed by atoms with van der Waals surface area (Å²) in [5, 5.41) is 0. The molecular weight excluding hydrogens is 202 g/mol. The SMILES string of the molecule is CCC(OC)c1ncc2c(n1)CCCC2N. The maximum Gasteiger partial charge on any atom is 0.157 e. The zero-order valence-corrected chi connectivity index (χ0v) is 9.94. The van der Waals surface area contributed by atoms with Crippen molar-refractivity contribution in [2.75, 3.05) is 7.11 Å². The van der Waals surface area contributed by atoms with Gasteiger partial charge < -0.3 is 10.5 Å². The quantitative estimate of drug-likeness (QED) is 0.847. The van der Waals surface area contributed by atoms with Gasteiger partial charge in [0.2, 0.25) is 0 Å². The number of aryl methyl sites for hydroxylation is 1. The normalized spacial score (nSPS) is 21.6. The smallest absolute Gasteiger partial charge is 0.157 e. The van der Waals surface area contributed by atoms with Crippen molar-refractivity contribution < 1.29 is 4.74 Å². The van der Waals surface area contributed by atoms with Crippen LogP contribution in [0.1, 0.15) is 55.4 Å². The molecule has 2 rings (SSSR count). The van der Waals surface area contributed by atoms with E-state index in [2.05, 4.69) is 16.9 Å². The number of nitrogens with zero attached hydrogens (tertiary/aromatic N) is 2. The Morgan fingerprint density at radius 3 is 3.12 bits per heavy atom. The summed E-state index contributed by atoms with van der Waals surface area (Å²) in [5.74, 6) is 0.790. The van der Waals surface area contributed by atoms with Gasteiger partial charge in [-0.1, -0.05) is 6.92 Å². The summed E-state index contributed by atoms with van der Waals surface area (Å²) >= 11 is 0. The molecule has 0 fully saturated rings. The maximum absolute atomic E-state index is 6.03. The van der Waals surface area contributed by atoms with Crippen LogP contribution < -0.4 is 5.73 Å². The third-order valence-corrected chi connectivity index (χ3v) is 3.19. The topological polar surface area (TPSA) is 61.0 Å². The highest BCUT2D eigenvalue weighted by molar-refractivity contribution is 5.24. The Morgan fingerprint density at radius 2 is 2.44 bits per heavy atom. The molecule has 0 spiro atoms. The van der Waals surface area contributed by atoms with Crippen LogP contribution in [-0.2, 0) is 11.2 Å². The Labute approximate surface area is 96.2 Å². The molecule has 2 unspecified atom stereocenters. The largest absolute Gasteiger partial charge is 0.373 e. The Bertz CT molecular complexity index is 363. The minimum atomic E-state index is 0.00320. The number of hydrogen-bond acceptors (Lipinski definition) is 4. The van der Waals surface area contributed by atoms with Gasteiger partial charge in [0.05, 0.1) is 0 Å². The first kappa shape index (κ1) is 11.5. The van der Waals surface area contributed by atoms with Gasteiger partial charge >= 0.3 is 0 Å². The highest BCUT2D eigenvalue weighted by Crippen LogP contribution is 2.27. The van der Waals surface area contributed by atoms with Crippen molar-refractivity contribution >= 4 is 0 Å². The van der Waals surface area contributed by atoms with Gasteiger partial charge in [0.15, 0.2) is 5.82 Å². The van der Waals surface area contributed by atoms with Gasteiger partial charge in [0.1, 0.15) is 6.10 Å². The van der Waals surface area contributed by atoms with Crippen molar-refractivity contribution in [1.29, 1.82) is 0 Å². The summed E-state index contributed by atoms with van der Waals surface area (Å²) in [6, 6.07) is 0.112. The highest BCUT2D eigenvalue weighted by atomic mass is 16.5. The van der Waals surface area contributed by atoms with Gasteiger partial charge in [-0.15, -0.1) is 0 Å². The summed E-state index contributed by atoms with van der Waals surface area (Å²) in [6.45, 7) is 2.07. The van der Waals surface area contributed by atoms with Gasteiger partial charge in [-0.2, -0.15) is 0 Å². The first-order valence-corrected chi connectivity index (χ1v) is 5.90. The van der Waals surface area contributed by atoms with Crippen LogP contribution in [0.3, 0.4) is 0 Å². The van der Waals surface area contributed by atoms with E-state index in [1.165, 1.54) is 0 Å². The Hall–Kier alpha value is -1.00. The molecule has 16 heavy (non-hydrogen) atoms. The predicted molar refractivity (Wildman–Crippen MR) is 61.9 cm³/mol. The predicted octanol–water partition coefficient (Wildman–Crippen LogP) is 1.91. The summed E-state index contributed by atoms with van der Waals surface area (Å²) in [4.78, 5) is 8.96. The van der Waals surface area contributed by atoms with Gasteiger partial charge in [0, 0.05) is 30.6 Å². The van der Waals surface area contributed by atoms with E-state index >= 15 is 0 Å². The van der Waals surface area contributed by atoms with E-state index < -0.39 is 0 Å². The molecule has 88 valence electrons. The molecule has 0 bridgehead atoms. The lowest BCUT2D eigenvalue weighted by Gasteiger charge is -2.22. The first-order chi connectivity index (χ1) is 7.76. The van der Waals surface area contributed by atoms with Crippen LogP contribution in [0.4, 0.5) is 0 Å². The fraction of sp³-hybridized carbons (Fsp3) is 0.667. The van der Waals surface area contributed by atoms with Crippen LogP contribution in [0.25, 0.3) is 0 Å². The van der Waals surface area contributed by atoms with Crippen LogP contribution in [0, 0.1) is 0 Å². The number of methoxy groups -OCH3 is 1. The van der Waals surface area contributed by atoms with Crippen molar-refractivity contribution in [3.8, 4) is 0 Å². The minimum absolute atomic E-state index is 0.00320. The van der Waals surface area contributed by atoms with Crippen molar-refractivity contribution in [2.24, 2.45) is 5.73 Å². The molecule has 4 nitrogen and oxygen atoms in total. The summed E-state index contributed by atoms with van der Waals surface area (Å²) in [7, 11) is 1.70. The molecule has 1 aliphatic carbocycles. The number of rotatable bonds is 3. The standard InChI is InChI=1S/C12H19N3O/c1-3-11(16-2)12-14-7-8-9(13)5-4-6-10(8)15-12/h7,9,11H,3-6,13H2,1-2H3. The summed E-state index contributed by atoms with van der Waals surface area (Å²) < 4.78 is 5.35. The van der Waals surface area contributed by atoms with Crippen LogP contribution in [0.2, 0.25) is 0 Å². The number of nitrogens with two attached hydrogens (primary N) is 1. The molecule has 2 N–H and O–H groups in total. The van der Waals surface area contributed by atoms with E-state index in [1.54, 1.807) is 7.11 Å². The fourth-order valence-corrected chi connectivity index (χ4v) is 2.21. The van der Waals surface area contributed by atoms with Crippen molar-refractivity contribution in [3.63, 3.8) is 0 Å². The fourth-order valence-electron chi connectivity index (χ4n) is 2.21. The summed E-state index contributed by atoms with van der Waals surface area (Å²) in [5.41, 5.74) is 8.25. The number of aromatic nitrogens is 2. The Morgan fingerprint density at radius 1 is 1.62 bits per heavy atom. The van der Waals surface area contributed by atoms with E-state index in [9.17, 15) is 0 Å². The third-order valence-electron chi connectivity index (χ3n) is 3.19. The van der Waals surface area contributed by atoms with Gasteiger partial charge in [-0.3, -0.25) is 0 Å². The molecule has 0 aliphatic heterocycles. The lowest BCUT2D eigenvalue weighted by Crippen LogP contribution is -2.20. The summed E-state index contributed by atoms with van der Waals surface area (Å²) in [6.07, 6.45) is 5.94. The molecular formula is C12H19N3O. The van der Waals surface area contributed by atoms with Crippen molar-refractivity contribution in [3.05, 3.63) is 23.3 Å². The van der Waals surface area contributed by atoms with E-state index in [4.69, 9.17) is 10.5 Å². The molecule has 1 heterocycles. The molecule has 0 aromatic carbocycles. The molecule has 2 atom stereocenters. The van der Waals surface area contributed by atoms with Crippen molar-refractivity contribution in [1.82, 2.24) is 9.97 Å².